The number of methoxy groups -OCH3 is 1. The summed E-state index contributed by atoms with van der Waals surface area (Å²) in [5.74, 6) is -3.07. The summed E-state index contributed by atoms with van der Waals surface area (Å²) in [5, 5.41) is 0. The van der Waals surface area contributed by atoms with Gasteiger partial charge < -0.3 is 19.1 Å². The Morgan fingerprint density at radius 2 is 1.92 bits per heavy atom. The Morgan fingerprint density at radius 3 is 2.56 bits per heavy atom. The molecule has 1 aromatic rings. The normalized spacial score (nSPS) is 19.6. The predicted molar refractivity (Wildman–Crippen MR) is 89.6 cm³/mol. The first kappa shape index (κ1) is 19.4. The fourth-order valence-electron chi connectivity index (χ4n) is 2.91. The largest absolute Gasteiger partial charge is 0.490 e. The van der Waals surface area contributed by atoms with Crippen LogP contribution in [-0.4, -0.2) is 56.7 Å². The molecule has 0 spiro atoms. The maximum atomic E-state index is 13.9. The number of carbonyl (C=O) groups is 1. The zero-order chi connectivity index (χ0) is 18.4. The van der Waals surface area contributed by atoms with Gasteiger partial charge in [-0.3, -0.25) is 4.79 Å². The number of piperidine rings is 1. The molecule has 1 aromatic carbocycles. The van der Waals surface area contributed by atoms with Gasteiger partial charge in [-0.25, -0.2) is 8.78 Å². The molecule has 2 rings (SSSR count). The van der Waals surface area contributed by atoms with E-state index in [0.29, 0.717) is 30.3 Å². The van der Waals surface area contributed by atoms with Gasteiger partial charge in [0.2, 0.25) is 0 Å². The average molecular weight is 357 g/mol. The predicted octanol–water partition coefficient (Wildman–Crippen LogP) is 3.23. The van der Waals surface area contributed by atoms with Gasteiger partial charge in [-0.1, -0.05) is 0 Å². The highest BCUT2D eigenvalue weighted by Gasteiger charge is 2.45. The van der Waals surface area contributed by atoms with Crippen molar-refractivity contribution >= 4 is 5.91 Å². The Morgan fingerprint density at radius 1 is 1.24 bits per heavy atom. The molecule has 0 aliphatic carbocycles. The Hall–Kier alpha value is -1.89. The molecule has 0 bridgehead atoms. The molecule has 1 aliphatic rings. The van der Waals surface area contributed by atoms with Crippen molar-refractivity contribution in [2.75, 3.05) is 40.0 Å². The molecule has 1 atom stereocenters. The smallest absolute Gasteiger partial charge is 0.256 e. The van der Waals surface area contributed by atoms with Crippen molar-refractivity contribution in [1.29, 1.82) is 0 Å². The minimum atomic E-state index is -2.82. The zero-order valence-corrected chi connectivity index (χ0v) is 14.9. The van der Waals surface area contributed by atoms with E-state index in [-0.39, 0.29) is 32.0 Å². The van der Waals surface area contributed by atoms with E-state index >= 15 is 0 Å². The van der Waals surface area contributed by atoms with Crippen LogP contribution in [0.25, 0.3) is 0 Å². The number of benzene rings is 1. The van der Waals surface area contributed by atoms with Crippen molar-refractivity contribution in [2.24, 2.45) is 5.92 Å². The van der Waals surface area contributed by atoms with Gasteiger partial charge in [0, 0.05) is 32.2 Å². The first-order chi connectivity index (χ1) is 11.9. The Bertz CT molecular complexity index is 594. The van der Waals surface area contributed by atoms with Crippen molar-refractivity contribution in [3.63, 3.8) is 0 Å². The van der Waals surface area contributed by atoms with Gasteiger partial charge in [0.15, 0.2) is 11.5 Å². The summed E-state index contributed by atoms with van der Waals surface area (Å²) < 4.78 is 43.8. The maximum absolute atomic E-state index is 13.9. The molecular weight excluding hydrogens is 332 g/mol. The minimum Gasteiger partial charge on any atom is -0.490 e. The summed E-state index contributed by atoms with van der Waals surface area (Å²) in [7, 11) is 1.39. The molecule has 0 radical (unpaired) electrons. The van der Waals surface area contributed by atoms with Gasteiger partial charge in [0.1, 0.15) is 0 Å². The monoisotopic (exact) mass is 357 g/mol. The van der Waals surface area contributed by atoms with Gasteiger partial charge in [0.05, 0.1) is 25.7 Å². The first-order valence-corrected chi connectivity index (χ1v) is 8.48. The number of ether oxygens (including phenoxy) is 3. The van der Waals surface area contributed by atoms with Crippen LogP contribution in [0.2, 0.25) is 0 Å². The molecule has 1 saturated heterocycles. The molecule has 0 aromatic heterocycles. The lowest BCUT2D eigenvalue weighted by molar-refractivity contribution is -0.117. The third-order valence-corrected chi connectivity index (χ3v) is 4.20. The highest BCUT2D eigenvalue weighted by atomic mass is 19.3. The van der Waals surface area contributed by atoms with Crippen molar-refractivity contribution in [3.8, 4) is 11.5 Å². The van der Waals surface area contributed by atoms with Gasteiger partial charge >= 0.3 is 0 Å². The van der Waals surface area contributed by atoms with Crippen LogP contribution >= 0.6 is 0 Å². The number of rotatable bonds is 7. The van der Waals surface area contributed by atoms with Gasteiger partial charge in [-0.15, -0.1) is 0 Å². The summed E-state index contributed by atoms with van der Waals surface area (Å²) in [4.78, 5) is 14.2. The Kier molecular flexibility index (Phi) is 6.58. The molecule has 25 heavy (non-hydrogen) atoms. The van der Waals surface area contributed by atoms with Crippen LogP contribution in [0.15, 0.2) is 18.2 Å². The second-order valence-corrected chi connectivity index (χ2v) is 5.94. The van der Waals surface area contributed by atoms with Crippen molar-refractivity contribution in [2.45, 2.75) is 26.2 Å². The van der Waals surface area contributed by atoms with E-state index in [4.69, 9.17) is 14.2 Å². The van der Waals surface area contributed by atoms with E-state index in [1.807, 2.05) is 13.8 Å². The minimum absolute atomic E-state index is 0.0171. The molecule has 5 nitrogen and oxygen atoms in total. The van der Waals surface area contributed by atoms with Gasteiger partial charge in [-0.05, 0) is 32.0 Å². The molecule has 140 valence electrons. The second-order valence-electron chi connectivity index (χ2n) is 5.94. The molecule has 1 heterocycles. The number of hydrogen-bond donors (Lipinski definition) is 0. The summed E-state index contributed by atoms with van der Waals surface area (Å²) in [6.07, 6.45) is -0.359. The Labute approximate surface area is 146 Å². The number of nitrogens with zero attached hydrogens (tertiary/aromatic N) is 1. The van der Waals surface area contributed by atoms with Crippen LogP contribution in [0.4, 0.5) is 8.78 Å². The quantitative estimate of drug-likeness (QED) is 0.752. The average Bonchev–Trinajstić information content (AvgIpc) is 2.58. The van der Waals surface area contributed by atoms with E-state index < -0.39 is 11.8 Å². The third-order valence-electron chi connectivity index (χ3n) is 4.20. The van der Waals surface area contributed by atoms with Crippen LogP contribution in [0.1, 0.15) is 30.6 Å². The first-order valence-electron chi connectivity index (χ1n) is 8.48. The molecule has 1 aliphatic heterocycles. The highest BCUT2D eigenvalue weighted by molar-refractivity contribution is 5.95. The molecule has 0 saturated carbocycles. The summed E-state index contributed by atoms with van der Waals surface area (Å²) >= 11 is 0. The lowest BCUT2D eigenvalue weighted by atomic mass is 9.93. The van der Waals surface area contributed by atoms with Crippen molar-refractivity contribution in [3.05, 3.63) is 23.8 Å². The summed E-state index contributed by atoms with van der Waals surface area (Å²) in [6, 6.07) is 4.91. The van der Waals surface area contributed by atoms with Crippen LogP contribution in [0.3, 0.4) is 0 Å². The van der Waals surface area contributed by atoms with Crippen LogP contribution in [0.5, 0.6) is 11.5 Å². The number of carbonyl (C=O) groups excluding carboxylic acids is 1. The number of halogens is 2. The molecule has 0 N–H and O–H groups in total. The van der Waals surface area contributed by atoms with Crippen LogP contribution < -0.4 is 9.47 Å². The van der Waals surface area contributed by atoms with Crippen LogP contribution in [-0.2, 0) is 4.74 Å². The summed E-state index contributed by atoms with van der Waals surface area (Å²) in [5.41, 5.74) is 0.397. The molecule has 1 unspecified atom stereocenters. The van der Waals surface area contributed by atoms with Crippen LogP contribution in [0, 0.1) is 5.92 Å². The zero-order valence-electron chi connectivity index (χ0n) is 14.9. The second kappa shape index (κ2) is 8.47. The SMILES string of the molecule is CCOc1ccc(C(=O)N2CCC(F)(F)C(COC)C2)cc1OCC. The number of likely N-dealkylation sites (tertiary alicyclic amines) is 1. The fraction of sp³-hybridized carbons (Fsp3) is 0.611. The highest BCUT2D eigenvalue weighted by Crippen LogP contribution is 2.35. The van der Waals surface area contributed by atoms with Gasteiger partial charge in [-0.2, -0.15) is 0 Å². The molecule has 1 amide bonds. The van der Waals surface area contributed by atoms with E-state index in [1.54, 1.807) is 18.2 Å². The van der Waals surface area contributed by atoms with E-state index in [0.717, 1.165) is 0 Å². The number of amides is 1. The lowest BCUT2D eigenvalue weighted by Crippen LogP contribution is -2.50. The third kappa shape index (κ3) is 4.60. The summed E-state index contributed by atoms with van der Waals surface area (Å²) in [6.45, 7) is 4.52. The van der Waals surface area contributed by atoms with Gasteiger partial charge in [0.25, 0.3) is 11.8 Å². The maximum Gasteiger partial charge on any atom is 0.256 e. The van der Waals surface area contributed by atoms with E-state index in [9.17, 15) is 13.6 Å². The van der Waals surface area contributed by atoms with E-state index in [2.05, 4.69) is 0 Å². The molecule has 7 heteroatoms. The Balaban J connectivity index is 2.18. The molecule has 1 fully saturated rings. The van der Waals surface area contributed by atoms with Crippen molar-refractivity contribution in [1.82, 2.24) is 4.90 Å². The standard InChI is InChI=1S/C18H25F2NO4/c1-4-24-15-7-6-13(10-16(15)25-5-2)17(22)21-9-8-18(19,20)14(11-21)12-23-3/h6-7,10,14H,4-5,8-9,11-12H2,1-3H3. The lowest BCUT2D eigenvalue weighted by Gasteiger charge is -2.38. The molecular formula is C18H25F2NO4. The fourth-order valence-corrected chi connectivity index (χ4v) is 2.91. The van der Waals surface area contributed by atoms with E-state index in [1.165, 1.54) is 12.0 Å². The topological polar surface area (TPSA) is 48.0 Å². The number of hydrogen-bond acceptors (Lipinski definition) is 4. The number of alkyl halides is 2. The van der Waals surface area contributed by atoms with Crippen molar-refractivity contribution < 1.29 is 27.8 Å².